The zero-order valence-corrected chi connectivity index (χ0v) is 11.7. The summed E-state index contributed by atoms with van der Waals surface area (Å²) >= 11 is 6.20. The molecule has 1 aromatic heterocycles. The van der Waals surface area contributed by atoms with Crippen LogP contribution in [0.4, 0.5) is 0 Å². The van der Waals surface area contributed by atoms with Gasteiger partial charge in [-0.2, -0.15) is 0 Å². The van der Waals surface area contributed by atoms with Crippen molar-refractivity contribution in [2.45, 2.75) is 20.0 Å². The highest BCUT2D eigenvalue weighted by Crippen LogP contribution is 2.28. The molecule has 0 fully saturated rings. The summed E-state index contributed by atoms with van der Waals surface area (Å²) in [7, 11) is 0. The van der Waals surface area contributed by atoms with Gasteiger partial charge in [0.2, 0.25) is 0 Å². The lowest BCUT2D eigenvalue weighted by Gasteiger charge is -2.13. The van der Waals surface area contributed by atoms with Gasteiger partial charge >= 0.3 is 0 Å². The largest absolute Gasteiger partial charge is 0.490 e. The van der Waals surface area contributed by atoms with Crippen LogP contribution in [0.15, 0.2) is 36.9 Å². The van der Waals surface area contributed by atoms with Gasteiger partial charge in [-0.1, -0.05) is 30.7 Å². The Kier molecular flexibility index (Phi) is 5.24. The van der Waals surface area contributed by atoms with E-state index in [9.17, 15) is 0 Å². The van der Waals surface area contributed by atoms with Crippen LogP contribution in [0.2, 0.25) is 5.02 Å². The zero-order chi connectivity index (χ0) is 13.5. The Bertz CT molecular complexity index is 499. The van der Waals surface area contributed by atoms with Gasteiger partial charge in [0, 0.05) is 24.5 Å². The second-order valence-electron chi connectivity index (χ2n) is 4.16. The average Bonchev–Trinajstić information content (AvgIpc) is 2.92. The van der Waals surface area contributed by atoms with Gasteiger partial charge in [0.15, 0.2) is 0 Å². The predicted octanol–water partition coefficient (Wildman–Crippen LogP) is 2.73. The van der Waals surface area contributed by atoms with E-state index in [0.717, 1.165) is 30.9 Å². The molecular formula is C14H18ClN3O. The summed E-state index contributed by atoms with van der Waals surface area (Å²) in [6, 6.07) is 5.82. The van der Waals surface area contributed by atoms with Crippen molar-refractivity contribution < 1.29 is 4.74 Å². The maximum absolute atomic E-state index is 6.20. The van der Waals surface area contributed by atoms with Crippen molar-refractivity contribution in [2.75, 3.05) is 13.2 Å². The topological polar surface area (TPSA) is 39.1 Å². The first-order chi connectivity index (χ1) is 9.31. The van der Waals surface area contributed by atoms with Crippen LogP contribution in [0.1, 0.15) is 12.5 Å². The number of hydrogen-bond donors (Lipinski definition) is 1. The molecule has 19 heavy (non-hydrogen) atoms. The van der Waals surface area contributed by atoms with E-state index in [-0.39, 0.29) is 0 Å². The third-order valence-corrected chi connectivity index (χ3v) is 3.07. The summed E-state index contributed by atoms with van der Waals surface area (Å²) in [5, 5.41) is 3.94. The molecule has 0 atom stereocenters. The van der Waals surface area contributed by atoms with E-state index < -0.39 is 0 Å². The van der Waals surface area contributed by atoms with Gasteiger partial charge in [0.1, 0.15) is 12.4 Å². The Hall–Kier alpha value is -1.52. The highest BCUT2D eigenvalue weighted by atomic mass is 35.5. The summed E-state index contributed by atoms with van der Waals surface area (Å²) in [6.45, 7) is 5.08. The van der Waals surface area contributed by atoms with Crippen LogP contribution >= 0.6 is 11.6 Å². The van der Waals surface area contributed by atoms with E-state index in [1.54, 1.807) is 12.5 Å². The second-order valence-corrected chi connectivity index (χ2v) is 4.56. The van der Waals surface area contributed by atoms with Gasteiger partial charge in [0.05, 0.1) is 17.9 Å². The molecule has 0 bridgehead atoms. The van der Waals surface area contributed by atoms with E-state index in [4.69, 9.17) is 16.3 Å². The molecular weight excluding hydrogens is 262 g/mol. The minimum Gasteiger partial charge on any atom is -0.490 e. The van der Waals surface area contributed by atoms with Crippen molar-refractivity contribution in [2.24, 2.45) is 0 Å². The molecule has 5 heteroatoms. The molecule has 1 aromatic carbocycles. The van der Waals surface area contributed by atoms with Crippen LogP contribution < -0.4 is 10.1 Å². The van der Waals surface area contributed by atoms with Gasteiger partial charge in [-0.15, -0.1) is 0 Å². The molecule has 2 aromatic rings. The number of nitrogens with one attached hydrogen (secondary N) is 1. The average molecular weight is 280 g/mol. The Balaban J connectivity index is 1.97. The number of para-hydroxylation sites is 1. The Morgan fingerprint density at radius 1 is 1.42 bits per heavy atom. The van der Waals surface area contributed by atoms with Crippen LogP contribution in [0.25, 0.3) is 0 Å². The lowest BCUT2D eigenvalue weighted by Crippen LogP contribution is -2.14. The van der Waals surface area contributed by atoms with E-state index >= 15 is 0 Å². The zero-order valence-electron chi connectivity index (χ0n) is 11.0. The van der Waals surface area contributed by atoms with Crippen LogP contribution in [0.3, 0.4) is 0 Å². The summed E-state index contributed by atoms with van der Waals surface area (Å²) in [5.41, 5.74) is 1.08. The predicted molar refractivity (Wildman–Crippen MR) is 76.6 cm³/mol. The fourth-order valence-electron chi connectivity index (χ4n) is 1.79. The van der Waals surface area contributed by atoms with Gasteiger partial charge < -0.3 is 14.6 Å². The minimum atomic E-state index is 0.569. The first-order valence-electron chi connectivity index (χ1n) is 6.38. The highest BCUT2D eigenvalue weighted by molar-refractivity contribution is 6.32. The number of rotatable bonds is 7. The molecule has 0 unspecified atom stereocenters. The molecule has 0 aliphatic rings. The standard InChI is InChI=1S/C14H18ClN3O/c1-2-16-10-12-4-3-5-13(15)14(12)19-9-8-18-7-6-17-11-18/h3-7,11,16H,2,8-10H2,1H3. The van der Waals surface area contributed by atoms with Crippen molar-refractivity contribution in [3.8, 4) is 5.75 Å². The summed E-state index contributed by atoms with van der Waals surface area (Å²) < 4.78 is 7.79. The van der Waals surface area contributed by atoms with E-state index in [1.165, 1.54) is 0 Å². The minimum absolute atomic E-state index is 0.569. The van der Waals surface area contributed by atoms with Crippen molar-refractivity contribution >= 4 is 11.6 Å². The monoisotopic (exact) mass is 279 g/mol. The van der Waals surface area contributed by atoms with Crippen molar-refractivity contribution in [3.05, 3.63) is 47.5 Å². The number of benzene rings is 1. The molecule has 0 radical (unpaired) electrons. The van der Waals surface area contributed by atoms with Crippen LogP contribution in [-0.2, 0) is 13.1 Å². The molecule has 0 saturated carbocycles. The maximum atomic E-state index is 6.20. The van der Waals surface area contributed by atoms with E-state index in [0.29, 0.717) is 11.6 Å². The van der Waals surface area contributed by atoms with Crippen molar-refractivity contribution in [1.29, 1.82) is 0 Å². The number of aromatic nitrogens is 2. The van der Waals surface area contributed by atoms with Gasteiger partial charge in [-0.3, -0.25) is 0 Å². The lowest BCUT2D eigenvalue weighted by atomic mass is 10.2. The van der Waals surface area contributed by atoms with E-state index in [1.807, 2.05) is 29.0 Å². The van der Waals surface area contributed by atoms with Crippen molar-refractivity contribution in [3.63, 3.8) is 0 Å². The third kappa shape index (κ3) is 3.98. The second kappa shape index (κ2) is 7.16. The van der Waals surface area contributed by atoms with Crippen molar-refractivity contribution in [1.82, 2.24) is 14.9 Å². The number of ether oxygens (including phenoxy) is 1. The molecule has 0 amide bonds. The molecule has 102 valence electrons. The molecule has 4 nitrogen and oxygen atoms in total. The molecule has 1 heterocycles. The Morgan fingerprint density at radius 3 is 3.05 bits per heavy atom. The smallest absolute Gasteiger partial charge is 0.142 e. The molecule has 0 spiro atoms. The number of imidazole rings is 1. The van der Waals surface area contributed by atoms with Crippen LogP contribution in [0, 0.1) is 0 Å². The summed E-state index contributed by atoms with van der Waals surface area (Å²) in [5.74, 6) is 0.769. The maximum Gasteiger partial charge on any atom is 0.142 e. The highest BCUT2D eigenvalue weighted by Gasteiger charge is 2.07. The first-order valence-corrected chi connectivity index (χ1v) is 6.75. The summed E-state index contributed by atoms with van der Waals surface area (Å²) in [4.78, 5) is 3.99. The van der Waals surface area contributed by atoms with Crippen LogP contribution in [0.5, 0.6) is 5.75 Å². The van der Waals surface area contributed by atoms with E-state index in [2.05, 4.69) is 17.2 Å². The lowest BCUT2D eigenvalue weighted by molar-refractivity contribution is 0.295. The molecule has 2 rings (SSSR count). The van der Waals surface area contributed by atoms with Gasteiger partial charge in [0.25, 0.3) is 0 Å². The van der Waals surface area contributed by atoms with Gasteiger partial charge in [-0.25, -0.2) is 4.98 Å². The first kappa shape index (κ1) is 13.9. The SMILES string of the molecule is CCNCc1cccc(Cl)c1OCCn1ccnc1. The number of halogens is 1. The molecule has 0 aliphatic carbocycles. The quantitative estimate of drug-likeness (QED) is 0.847. The number of nitrogens with zero attached hydrogens (tertiary/aromatic N) is 2. The summed E-state index contributed by atoms with van der Waals surface area (Å²) in [6.07, 6.45) is 5.44. The van der Waals surface area contributed by atoms with Gasteiger partial charge in [-0.05, 0) is 12.6 Å². The molecule has 0 saturated heterocycles. The van der Waals surface area contributed by atoms with Crippen LogP contribution in [-0.4, -0.2) is 22.7 Å². The Labute approximate surface area is 118 Å². The Morgan fingerprint density at radius 2 is 2.32 bits per heavy atom. The normalized spacial score (nSPS) is 10.6. The molecule has 1 N–H and O–H groups in total. The fourth-order valence-corrected chi connectivity index (χ4v) is 2.03. The fraction of sp³-hybridized carbons (Fsp3) is 0.357. The number of hydrogen-bond acceptors (Lipinski definition) is 3. The molecule has 0 aliphatic heterocycles. The third-order valence-electron chi connectivity index (χ3n) is 2.77.